The molecule has 2 N–H and O–H groups in total. The maximum Gasteiger partial charge on any atom is 0.360 e. The number of rotatable bonds is 3. The monoisotopic (exact) mass is 263 g/mol. The molecule has 0 saturated carbocycles. The summed E-state index contributed by atoms with van der Waals surface area (Å²) in [6.45, 7) is 0. The van der Waals surface area contributed by atoms with Gasteiger partial charge in [-0.3, -0.25) is 4.57 Å². The van der Waals surface area contributed by atoms with Gasteiger partial charge in [0.25, 0.3) is 0 Å². The van der Waals surface area contributed by atoms with E-state index in [2.05, 4.69) is 9.72 Å². The Morgan fingerprint density at radius 3 is 2.61 bits per heavy atom. The number of benzene rings is 1. The average Bonchev–Trinajstić information content (AvgIpc) is 2.80. The van der Waals surface area contributed by atoms with E-state index in [1.54, 1.807) is 16.3 Å². The number of nitrogen functional groups attached to an aromatic ring is 1. The summed E-state index contributed by atoms with van der Waals surface area (Å²) in [4.78, 5) is 16.5. The molecule has 0 amide bonds. The van der Waals surface area contributed by atoms with Crippen LogP contribution in [0, 0.1) is 0 Å². The number of anilines is 1. The van der Waals surface area contributed by atoms with Crippen molar-refractivity contribution in [3.8, 4) is 5.69 Å². The van der Waals surface area contributed by atoms with Gasteiger partial charge in [0.1, 0.15) is 12.1 Å². The maximum absolute atomic E-state index is 11.4. The first-order valence-corrected chi connectivity index (χ1v) is 6.45. The van der Waals surface area contributed by atoms with E-state index in [0.29, 0.717) is 0 Å². The molecule has 1 aromatic carbocycles. The van der Waals surface area contributed by atoms with Gasteiger partial charge in [0, 0.05) is 10.6 Å². The average molecular weight is 263 g/mol. The molecule has 0 fully saturated rings. The molecule has 1 heterocycles. The number of thioether (sulfide) groups is 1. The number of ether oxygens (including phenoxy) is 1. The van der Waals surface area contributed by atoms with Gasteiger partial charge in [0.2, 0.25) is 0 Å². The Bertz CT molecular complexity index is 563. The molecule has 0 bridgehead atoms. The Morgan fingerprint density at radius 1 is 1.39 bits per heavy atom. The second-order valence-corrected chi connectivity index (χ2v) is 4.42. The van der Waals surface area contributed by atoms with Crippen LogP contribution in [0.4, 0.5) is 5.82 Å². The van der Waals surface area contributed by atoms with Crippen molar-refractivity contribution in [3.63, 3.8) is 0 Å². The van der Waals surface area contributed by atoms with Gasteiger partial charge in [0.05, 0.1) is 7.11 Å². The molecule has 0 atom stereocenters. The molecule has 0 aliphatic rings. The molecule has 6 heteroatoms. The van der Waals surface area contributed by atoms with Gasteiger partial charge >= 0.3 is 5.97 Å². The second kappa shape index (κ2) is 5.14. The van der Waals surface area contributed by atoms with Crippen molar-refractivity contribution in [2.75, 3.05) is 19.1 Å². The lowest BCUT2D eigenvalue weighted by molar-refractivity contribution is 0.0596. The quantitative estimate of drug-likeness (QED) is 0.677. The highest BCUT2D eigenvalue weighted by atomic mass is 32.2. The van der Waals surface area contributed by atoms with Gasteiger partial charge in [-0.2, -0.15) is 0 Å². The highest BCUT2D eigenvalue weighted by molar-refractivity contribution is 7.98. The maximum atomic E-state index is 11.4. The van der Waals surface area contributed by atoms with Crippen molar-refractivity contribution >= 4 is 23.5 Å². The SMILES string of the molecule is COC(=O)c1ncn(-c2ccc(SC)cc2)c1N. The summed E-state index contributed by atoms with van der Waals surface area (Å²) < 4.78 is 6.25. The highest BCUT2D eigenvalue weighted by Gasteiger charge is 2.16. The number of methoxy groups -OCH3 is 1. The van der Waals surface area contributed by atoms with Gasteiger partial charge in [0.15, 0.2) is 5.69 Å². The van der Waals surface area contributed by atoms with Crippen LogP contribution in [0.15, 0.2) is 35.5 Å². The second-order valence-electron chi connectivity index (χ2n) is 3.54. The van der Waals surface area contributed by atoms with E-state index in [1.807, 2.05) is 30.5 Å². The van der Waals surface area contributed by atoms with Gasteiger partial charge in [-0.25, -0.2) is 9.78 Å². The molecule has 0 unspecified atom stereocenters. The Morgan fingerprint density at radius 2 is 2.06 bits per heavy atom. The first kappa shape index (κ1) is 12.5. The van der Waals surface area contributed by atoms with Crippen molar-refractivity contribution in [1.82, 2.24) is 9.55 Å². The minimum Gasteiger partial charge on any atom is -0.464 e. The zero-order valence-electron chi connectivity index (χ0n) is 10.1. The molecular weight excluding hydrogens is 250 g/mol. The van der Waals surface area contributed by atoms with Crippen molar-refractivity contribution < 1.29 is 9.53 Å². The molecule has 0 saturated heterocycles. The van der Waals surface area contributed by atoms with Gasteiger partial charge in [-0.05, 0) is 30.5 Å². The van der Waals surface area contributed by atoms with Crippen LogP contribution in [0.25, 0.3) is 5.69 Å². The predicted octanol–water partition coefficient (Wildman–Crippen LogP) is 1.96. The lowest BCUT2D eigenvalue weighted by atomic mass is 10.3. The van der Waals surface area contributed by atoms with E-state index in [1.165, 1.54) is 13.4 Å². The molecule has 0 aliphatic carbocycles. The Kier molecular flexibility index (Phi) is 3.57. The summed E-state index contributed by atoms with van der Waals surface area (Å²) in [6.07, 6.45) is 3.52. The summed E-state index contributed by atoms with van der Waals surface area (Å²) >= 11 is 1.66. The fourth-order valence-electron chi connectivity index (χ4n) is 1.56. The van der Waals surface area contributed by atoms with Gasteiger partial charge in [-0.1, -0.05) is 0 Å². The molecule has 94 valence electrons. The minimum atomic E-state index is -0.535. The third-order valence-electron chi connectivity index (χ3n) is 2.53. The molecule has 5 nitrogen and oxygen atoms in total. The lowest BCUT2D eigenvalue weighted by Crippen LogP contribution is -2.07. The molecular formula is C12H13N3O2S. The van der Waals surface area contributed by atoms with Crippen LogP contribution in [-0.2, 0) is 4.74 Å². The predicted molar refractivity (Wildman–Crippen MR) is 71.1 cm³/mol. The molecule has 2 rings (SSSR count). The zero-order chi connectivity index (χ0) is 13.1. The van der Waals surface area contributed by atoms with Gasteiger partial charge in [-0.15, -0.1) is 11.8 Å². The van der Waals surface area contributed by atoms with Crippen molar-refractivity contribution in [3.05, 3.63) is 36.3 Å². The standard InChI is InChI=1S/C12H13N3O2S/c1-17-12(16)10-11(13)15(7-14-10)8-3-5-9(18-2)6-4-8/h3-7H,13H2,1-2H3. The number of imidazole rings is 1. The summed E-state index contributed by atoms with van der Waals surface area (Å²) in [6, 6.07) is 7.81. The fourth-order valence-corrected chi connectivity index (χ4v) is 1.97. The zero-order valence-corrected chi connectivity index (χ0v) is 10.9. The summed E-state index contributed by atoms with van der Waals surface area (Å²) in [7, 11) is 1.30. The van der Waals surface area contributed by atoms with Crippen molar-refractivity contribution in [2.45, 2.75) is 4.90 Å². The highest BCUT2D eigenvalue weighted by Crippen LogP contribution is 2.21. The Balaban J connectivity index is 2.39. The topological polar surface area (TPSA) is 70.1 Å². The number of carbonyl (C=O) groups is 1. The van der Waals surface area contributed by atoms with Crippen molar-refractivity contribution in [1.29, 1.82) is 0 Å². The lowest BCUT2D eigenvalue weighted by Gasteiger charge is -2.06. The summed E-state index contributed by atoms with van der Waals surface area (Å²) in [5.41, 5.74) is 6.86. The molecule has 18 heavy (non-hydrogen) atoms. The Labute approximate surface area is 109 Å². The van der Waals surface area contributed by atoms with Crippen molar-refractivity contribution in [2.24, 2.45) is 0 Å². The molecule has 0 spiro atoms. The molecule has 1 aromatic heterocycles. The van der Waals surface area contributed by atoms with Crippen LogP contribution in [0.5, 0.6) is 0 Å². The van der Waals surface area contributed by atoms with Crippen LogP contribution in [0.1, 0.15) is 10.5 Å². The minimum absolute atomic E-state index is 0.131. The summed E-state index contributed by atoms with van der Waals surface area (Å²) in [5, 5.41) is 0. The molecule has 0 radical (unpaired) electrons. The molecule has 0 aliphatic heterocycles. The van der Waals surface area contributed by atoms with E-state index in [4.69, 9.17) is 5.73 Å². The molecule has 2 aromatic rings. The van der Waals surface area contributed by atoms with E-state index >= 15 is 0 Å². The number of hydrogen-bond acceptors (Lipinski definition) is 5. The van der Waals surface area contributed by atoms with Crippen LogP contribution in [0.3, 0.4) is 0 Å². The Hall–Kier alpha value is -1.95. The number of carbonyl (C=O) groups excluding carboxylic acids is 1. The number of aromatic nitrogens is 2. The smallest absolute Gasteiger partial charge is 0.360 e. The number of esters is 1. The van der Waals surface area contributed by atoms with Gasteiger partial charge < -0.3 is 10.5 Å². The normalized spacial score (nSPS) is 10.3. The van der Waals surface area contributed by atoms with Crippen LogP contribution in [0.2, 0.25) is 0 Å². The summed E-state index contributed by atoms with van der Waals surface area (Å²) in [5.74, 6) is -0.259. The third kappa shape index (κ3) is 2.19. The number of nitrogens with two attached hydrogens (primary N) is 1. The van der Waals surface area contributed by atoms with E-state index in [0.717, 1.165) is 10.6 Å². The fraction of sp³-hybridized carbons (Fsp3) is 0.167. The van der Waals surface area contributed by atoms with Crippen LogP contribution < -0.4 is 5.73 Å². The van der Waals surface area contributed by atoms with E-state index in [-0.39, 0.29) is 11.5 Å². The van der Waals surface area contributed by atoms with E-state index in [9.17, 15) is 4.79 Å². The largest absolute Gasteiger partial charge is 0.464 e. The first-order chi connectivity index (χ1) is 8.67. The number of hydrogen-bond donors (Lipinski definition) is 1. The third-order valence-corrected chi connectivity index (χ3v) is 3.28. The first-order valence-electron chi connectivity index (χ1n) is 5.23. The van der Waals surface area contributed by atoms with Crippen LogP contribution >= 0.6 is 11.8 Å². The van der Waals surface area contributed by atoms with Crippen LogP contribution in [-0.4, -0.2) is 28.9 Å². The van der Waals surface area contributed by atoms with E-state index < -0.39 is 5.97 Å². The number of nitrogens with zero attached hydrogens (tertiary/aromatic N) is 2.